The van der Waals surface area contributed by atoms with Crippen LogP contribution >= 0.6 is 0 Å². The van der Waals surface area contributed by atoms with Crippen LogP contribution in [0.25, 0.3) is 11.3 Å². The standard InChI is InChI=1S/C18H19F2N3O2/c1-25-14-6-4-12(5-7-14)15-8-10-21-17(22-15)23-16(24)11-13-3-2-9-18(13,19)20/h4-8,10,13H,2-3,9,11H2,1H3,(H,21,22,23,24). The van der Waals surface area contributed by atoms with Crippen molar-refractivity contribution in [2.75, 3.05) is 12.4 Å². The molecule has 132 valence electrons. The van der Waals surface area contributed by atoms with Crippen LogP contribution in [0.3, 0.4) is 0 Å². The topological polar surface area (TPSA) is 64.1 Å². The lowest BCUT2D eigenvalue weighted by atomic mass is 10.0. The van der Waals surface area contributed by atoms with E-state index in [0.29, 0.717) is 18.5 Å². The number of hydrogen-bond acceptors (Lipinski definition) is 4. The number of alkyl halides is 2. The summed E-state index contributed by atoms with van der Waals surface area (Å²) in [6.45, 7) is 0. The fourth-order valence-electron chi connectivity index (χ4n) is 2.99. The first-order valence-electron chi connectivity index (χ1n) is 8.13. The van der Waals surface area contributed by atoms with Gasteiger partial charge in [0.15, 0.2) is 0 Å². The molecular weight excluding hydrogens is 328 g/mol. The molecule has 5 nitrogen and oxygen atoms in total. The molecule has 1 N–H and O–H groups in total. The molecule has 1 aromatic carbocycles. The maximum Gasteiger partial charge on any atom is 0.251 e. The maximum absolute atomic E-state index is 13.6. The molecule has 0 radical (unpaired) electrons. The molecule has 1 atom stereocenters. The van der Waals surface area contributed by atoms with Gasteiger partial charge in [0.1, 0.15) is 5.75 Å². The highest BCUT2D eigenvalue weighted by molar-refractivity contribution is 5.89. The molecular formula is C18H19F2N3O2. The Bertz CT molecular complexity index is 750. The van der Waals surface area contributed by atoms with Gasteiger partial charge in [-0.1, -0.05) is 0 Å². The summed E-state index contributed by atoms with van der Waals surface area (Å²) in [4.78, 5) is 20.3. The van der Waals surface area contributed by atoms with Crippen LogP contribution in [-0.4, -0.2) is 28.9 Å². The number of anilines is 1. The zero-order valence-electron chi connectivity index (χ0n) is 13.8. The highest BCUT2D eigenvalue weighted by atomic mass is 19.3. The van der Waals surface area contributed by atoms with Gasteiger partial charge in [0.25, 0.3) is 5.92 Å². The number of carbonyl (C=O) groups excluding carboxylic acids is 1. The van der Waals surface area contributed by atoms with E-state index in [1.807, 2.05) is 12.1 Å². The SMILES string of the molecule is COc1ccc(-c2ccnc(NC(=O)CC3CCCC3(F)F)n2)cc1. The third-order valence-corrected chi connectivity index (χ3v) is 4.38. The zero-order chi connectivity index (χ0) is 17.9. The Kier molecular flexibility index (Phi) is 4.92. The predicted molar refractivity (Wildman–Crippen MR) is 89.6 cm³/mol. The van der Waals surface area contributed by atoms with Crippen LogP contribution in [0.5, 0.6) is 5.75 Å². The number of aromatic nitrogens is 2. The Hall–Kier alpha value is -2.57. The van der Waals surface area contributed by atoms with Crippen molar-refractivity contribution in [1.29, 1.82) is 0 Å². The van der Waals surface area contributed by atoms with Crippen molar-refractivity contribution < 1.29 is 18.3 Å². The first-order chi connectivity index (χ1) is 12.0. The van der Waals surface area contributed by atoms with Gasteiger partial charge in [-0.3, -0.25) is 10.1 Å². The first kappa shape index (κ1) is 17.3. The molecule has 7 heteroatoms. The van der Waals surface area contributed by atoms with Crippen LogP contribution in [0.15, 0.2) is 36.5 Å². The summed E-state index contributed by atoms with van der Waals surface area (Å²) in [7, 11) is 1.58. The van der Waals surface area contributed by atoms with Gasteiger partial charge < -0.3 is 4.74 Å². The van der Waals surface area contributed by atoms with E-state index in [0.717, 1.165) is 11.3 Å². The number of rotatable bonds is 5. The van der Waals surface area contributed by atoms with E-state index >= 15 is 0 Å². The summed E-state index contributed by atoms with van der Waals surface area (Å²) in [6.07, 6.45) is 1.98. The number of carbonyl (C=O) groups is 1. The van der Waals surface area contributed by atoms with Gasteiger partial charge in [0.05, 0.1) is 12.8 Å². The van der Waals surface area contributed by atoms with Crippen LogP contribution in [0.2, 0.25) is 0 Å². The smallest absolute Gasteiger partial charge is 0.251 e. The Morgan fingerprint density at radius 1 is 1.32 bits per heavy atom. The second kappa shape index (κ2) is 7.13. The highest BCUT2D eigenvalue weighted by Gasteiger charge is 2.44. The van der Waals surface area contributed by atoms with Gasteiger partial charge in [-0.05, 0) is 43.2 Å². The van der Waals surface area contributed by atoms with Crippen LogP contribution in [0.4, 0.5) is 14.7 Å². The fraction of sp³-hybridized carbons (Fsp3) is 0.389. The molecule has 3 rings (SSSR count). The van der Waals surface area contributed by atoms with E-state index in [1.54, 1.807) is 25.3 Å². The third kappa shape index (κ3) is 4.10. The average molecular weight is 347 g/mol. The van der Waals surface area contributed by atoms with E-state index in [9.17, 15) is 13.6 Å². The molecule has 0 aliphatic heterocycles. The van der Waals surface area contributed by atoms with Crippen molar-refractivity contribution in [1.82, 2.24) is 9.97 Å². The highest BCUT2D eigenvalue weighted by Crippen LogP contribution is 2.42. The molecule has 1 aliphatic carbocycles. The predicted octanol–water partition coefficient (Wildman–Crippen LogP) is 3.92. The Morgan fingerprint density at radius 2 is 2.08 bits per heavy atom. The minimum absolute atomic E-state index is 0.111. The van der Waals surface area contributed by atoms with Crippen molar-refractivity contribution in [2.24, 2.45) is 5.92 Å². The zero-order valence-corrected chi connectivity index (χ0v) is 13.8. The lowest BCUT2D eigenvalue weighted by Crippen LogP contribution is -2.27. The van der Waals surface area contributed by atoms with E-state index in [1.165, 1.54) is 6.20 Å². The molecule has 1 amide bonds. The summed E-state index contributed by atoms with van der Waals surface area (Å²) in [5.41, 5.74) is 1.46. The number of ether oxygens (including phenoxy) is 1. The normalized spacial score (nSPS) is 18.8. The quantitative estimate of drug-likeness (QED) is 0.890. The third-order valence-electron chi connectivity index (χ3n) is 4.38. The molecule has 1 unspecified atom stereocenters. The summed E-state index contributed by atoms with van der Waals surface area (Å²) < 4.78 is 32.4. The number of nitrogens with one attached hydrogen (secondary N) is 1. The molecule has 0 saturated heterocycles. The lowest BCUT2D eigenvalue weighted by molar-refractivity contribution is -0.120. The second-order valence-electron chi connectivity index (χ2n) is 6.10. The molecule has 1 aromatic heterocycles. The van der Waals surface area contributed by atoms with Crippen LogP contribution in [0.1, 0.15) is 25.7 Å². The monoisotopic (exact) mass is 347 g/mol. The maximum atomic E-state index is 13.6. The van der Waals surface area contributed by atoms with Crippen molar-refractivity contribution in [3.05, 3.63) is 36.5 Å². The number of amides is 1. The minimum atomic E-state index is -2.76. The second-order valence-corrected chi connectivity index (χ2v) is 6.10. The average Bonchev–Trinajstić information content (AvgIpc) is 2.93. The molecule has 1 saturated carbocycles. The van der Waals surface area contributed by atoms with Gasteiger partial charge in [-0.2, -0.15) is 0 Å². The van der Waals surface area contributed by atoms with E-state index in [2.05, 4.69) is 15.3 Å². The van der Waals surface area contributed by atoms with Gasteiger partial charge >= 0.3 is 0 Å². The van der Waals surface area contributed by atoms with Crippen LogP contribution in [-0.2, 0) is 4.79 Å². The van der Waals surface area contributed by atoms with Crippen molar-refractivity contribution in [2.45, 2.75) is 31.6 Å². The molecule has 0 bridgehead atoms. The number of hydrogen-bond donors (Lipinski definition) is 1. The van der Waals surface area contributed by atoms with Crippen molar-refractivity contribution >= 4 is 11.9 Å². The number of halogens is 2. The van der Waals surface area contributed by atoms with Crippen LogP contribution in [0, 0.1) is 5.92 Å². The van der Waals surface area contributed by atoms with E-state index in [-0.39, 0.29) is 18.8 Å². The molecule has 1 aliphatic rings. The Labute approximate surface area is 144 Å². The van der Waals surface area contributed by atoms with Gasteiger partial charge in [0, 0.05) is 30.5 Å². The summed E-state index contributed by atoms with van der Waals surface area (Å²) in [5, 5.41) is 2.52. The molecule has 0 spiro atoms. The molecule has 1 heterocycles. The molecule has 2 aromatic rings. The summed E-state index contributed by atoms with van der Waals surface area (Å²) >= 11 is 0. The van der Waals surface area contributed by atoms with Gasteiger partial charge in [0.2, 0.25) is 11.9 Å². The summed E-state index contributed by atoms with van der Waals surface area (Å²) in [6, 6.07) is 9.00. The Balaban J connectivity index is 1.67. The summed E-state index contributed by atoms with van der Waals surface area (Å²) in [5.74, 6) is -3.32. The largest absolute Gasteiger partial charge is 0.497 e. The Morgan fingerprint density at radius 3 is 2.72 bits per heavy atom. The fourth-order valence-corrected chi connectivity index (χ4v) is 2.99. The van der Waals surface area contributed by atoms with Crippen LogP contribution < -0.4 is 10.1 Å². The number of methoxy groups -OCH3 is 1. The van der Waals surface area contributed by atoms with E-state index < -0.39 is 17.7 Å². The van der Waals surface area contributed by atoms with E-state index in [4.69, 9.17) is 4.74 Å². The van der Waals surface area contributed by atoms with Gasteiger partial charge in [-0.15, -0.1) is 0 Å². The number of nitrogens with zero attached hydrogens (tertiary/aromatic N) is 2. The number of benzene rings is 1. The van der Waals surface area contributed by atoms with Crippen molar-refractivity contribution in [3.63, 3.8) is 0 Å². The van der Waals surface area contributed by atoms with Gasteiger partial charge in [-0.25, -0.2) is 18.7 Å². The lowest BCUT2D eigenvalue weighted by Gasteiger charge is -2.18. The first-order valence-corrected chi connectivity index (χ1v) is 8.13. The molecule has 1 fully saturated rings. The molecule has 25 heavy (non-hydrogen) atoms. The van der Waals surface area contributed by atoms with Crippen molar-refractivity contribution in [3.8, 4) is 17.0 Å². The minimum Gasteiger partial charge on any atom is -0.497 e.